The number of hydrogen-bond acceptors (Lipinski definition) is 3. The van der Waals surface area contributed by atoms with Crippen LogP contribution in [0.15, 0.2) is 36.7 Å². The van der Waals surface area contributed by atoms with Crippen LogP contribution in [0, 0.1) is 0 Å². The SMILES string of the molecule is CCC(NC(=O)Nc1ccc(C(C)=O)cc1)c1ncc[nH]1. The van der Waals surface area contributed by atoms with Gasteiger partial charge < -0.3 is 15.6 Å². The van der Waals surface area contributed by atoms with Gasteiger partial charge in [0.1, 0.15) is 5.82 Å². The average Bonchev–Trinajstić information content (AvgIpc) is 2.99. The van der Waals surface area contributed by atoms with Gasteiger partial charge in [0.05, 0.1) is 6.04 Å². The summed E-state index contributed by atoms with van der Waals surface area (Å²) in [5, 5.41) is 5.58. The smallest absolute Gasteiger partial charge is 0.319 e. The van der Waals surface area contributed by atoms with E-state index >= 15 is 0 Å². The third kappa shape index (κ3) is 3.92. The highest BCUT2D eigenvalue weighted by atomic mass is 16.2. The number of benzene rings is 1. The number of amides is 2. The largest absolute Gasteiger partial charge is 0.347 e. The highest BCUT2D eigenvalue weighted by Gasteiger charge is 2.14. The summed E-state index contributed by atoms with van der Waals surface area (Å²) in [6.07, 6.45) is 4.10. The van der Waals surface area contributed by atoms with E-state index in [1.807, 2.05) is 6.92 Å². The molecule has 0 spiro atoms. The van der Waals surface area contributed by atoms with Crippen LogP contribution in [0.3, 0.4) is 0 Å². The summed E-state index contributed by atoms with van der Waals surface area (Å²) in [5.41, 5.74) is 1.25. The van der Waals surface area contributed by atoms with Crippen molar-refractivity contribution >= 4 is 17.5 Å². The molecule has 21 heavy (non-hydrogen) atoms. The number of rotatable bonds is 5. The molecule has 0 aliphatic carbocycles. The van der Waals surface area contributed by atoms with Crippen LogP contribution in [0.5, 0.6) is 0 Å². The molecular weight excluding hydrogens is 268 g/mol. The van der Waals surface area contributed by atoms with Crippen molar-refractivity contribution in [1.29, 1.82) is 0 Å². The molecule has 1 aromatic carbocycles. The number of aromatic nitrogens is 2. The number of nitrogens with one attached hydrogen (secondary N) is 3. The molecule has 1 unspecified atom stereocenters. The second kappa shape index (κ2) is 6.69. The number of Topliss-reactive ketones (excluding diaryl/α,β-unsaturated/α-hetero) is 1. The van der Waals surface area contributed by atoms with E-state index in [0.717, 1.165) is 12.2 Å². The first-order valence-electron chi connectivity index (χ1n) is 6.78. The van der Waals surface area contributed by atoms with E-state index in [0.29, 0.717) is 11.3 Å². The Bertz CT molecular complexity index is 605. The van der Waals surface area contributed by atoms with Gasteiger partial charge in [-0.05, 0) is 37.6 Å². The number of carbonyl (C=O) groups excluding carboxylic acids is 2. The number of anilines is 1. The van der Waals surface area contributed by atoms with Crippen molar-refractivity contribution < 1.29 is 9.59 Å². The Morgan fingerprint density at radius 3 is 2.52 bits per heavy atom. The third-order valence-corrected chi connectivity index (χ3v) is 3.11. The van der Waals surface area contributed by atoms with Gasteiger partial charge in [-0.3, -0.25) is 4.79 Å². The maximum absolute atomic E-state index is 12.0. The van der Waals surface area contributed by atoms with Crippen LogP contribution in [-0.2, 0) is 0 Å². The standard InChI is InChI=1S/C15H18N4O2/c1-3-13(14-16-8-9-17-14)19-15(21)18-12-6-4-11(5-7-12)10(2)20/h4-9,13H,3H2,1-2H3,(H,16,17)(H2,18,19,21). The lowest BCUT2D eigenvalue weighted by Gasteiger charge is -2.15. The van der Waals surface area contributed by atoms with Gasteiger partial charge in [0.25, 0.3) is 0 Å². The number of urea groups is 1. The number of hydrogen-bond donors (Lipinski definition) is 3. The Morgan fingerprint density at radius 2 is 2.00 bits per heavy atom. The molecule has 0 fully saturated rings. The summed E-state index contributed by atoms with van der Waals surface area (Å²) in [6, 6.07) is 6.28. The quantitative estimate of drug-likeness (QED) is 0.738. The summed E-state index contributed by atoms with van der Waals surface area (Å²) in [5.74, 6) is 0.717. The van der Waals surface area contributed by atoms with Crippen molar-refractivity contribution in [3.05, 3.63) is 48.0 Å². The number of carbonyl (C=O) groups is 2. The Morgan fingerprint density at radius 1 is 1.29 bits per heavy atom. The van der Waals surface area contributed by atoms with Gasteiger partial charge >= 0.3 is 6.03 Å². The van der Waals surface area contributed by atoms with Crippen LogP contribution in [0.25, 0.3) is 0 Å². The zero-order valence-corrected chi connectivity index (χ0v) is 12.0. The molecule has 2 rings (SSSR count). The molecule has 0 bridgehead atoms. The molecule has 110 valence electrons. The maximum Gasteiger partial charge on any atom is 0.319 e. The van der Waals surface area contributed by atoms with Gasteiger partial charge in [-0.1, -0.05) is 6.92 Å². The first-order chi connectivity index (χ1) is 10.1. The normalized spacial score (nSPS) is 11.7. The number of H-pyrrole nitrogens is 1. The first kappa shape index (κ1) is 14.8. The zero-order chi connectivity index (χ0) is 15.2. The summed E-state index contributed by atoms with van der Waals surface area (Å²) >= 11 is 0. The topological polar surface area (TPSA) is 86.9 Å². The Balaban J connectivity index is 1.96. The minimum Gasteiger partial charge on any atom is -0.347 e. The molecule has 1 atom stereocenters. The first-order valence-corrected chi connectivity index (χ1v) is 6.78. The number of imidazole rings is 1. The van der Waals surface area contributed by atoms with E-state index in [-0.39, 0.29) is 17.9 Å². The van der Waals surface area contributed by atoms with E-state index in [1.54, 1.807) is 36.7 Å². The third-order valence-electron chi connectivity index (χ3n) is 3.11. The fourth-order valence-corrected chi connectivity index (χ4v) is 1.95. The number of ketones is 1. The van der Waals surface area contributed by atoms with Crippen LogP contribution in [0.2, 0.25) is 0 Å². The van der Waals surface area contributed by atoms with Gasteiger partial charge in [-0.25, -0.2) is 9.78 Å². The van der Waals surface area contributed by atoms with Gasteiger partial charge in [-0.2, -0.15) is 0 Å². The molecule has 0 aliphatic heterocycles. The molecular formula is C15H18N4O2. The highest BCUT2D eigenvalue weighted by molar-refractivity contribution is 5.95. The fourth-order valence-electron chi connectivity index (χ4n) is 1.95. The van der Waals surface area contributed by atoms with Crippen molar-refractivity contribution in [2.75, 3.05) is 5.32 Å². The predicted molar refractivity (Wildman–Crippen MR) is 80.2 cm³/mol. The van der Waals surface area contributed by atoms with E-state index in [2.05, 4.69) is 20.6 Å². The van der Waals surface area contributed by atoms with E-state index in [4.69, 9.17) is 0 Å². The molecule has 6 heteroatoms. The van der Waals surface area contributed by atoms with E-state index < -0.39 is 0 Å². The molecule has 6 nitrogen and oxygen atoms in total. The van der Waals surface area contributed by atoms with Crippen molar-refractivity contribution in [2.24, 2.45) is 0 Å². The predicted octanol–water partition coefficient (Wildman–Crippen LogP) is 2.89. The fraction of sp³-hybridized carbons (Fsp3) is 0.267. The van der Waals surface area contributed by atoms with Gasteiger partial charge in [-0.15, -0.1) is 0 Å². The molecule has 2 amide bonds. The second-order valence-electron chi connectivity index (χ2n) is 4.67. The lowest BCUT2D eigenvalue weighted by molar-refractivity contribution is 0.101. The van der Waals surface area contributed by atoms with Crippen LogP contribution in [-0.4, -0.2) is 21.8 Å². The molecule has 3 N–H and O–H groups in total. The van der Waals surface area contributed by atoms with Crippen LogP contribution in [0.1, 0.15) is 42.5 Å². The van der Waals surface area contributed by atoms with Crippen LogP contribution >= 0.6 is 0 Å². The monoisotopic (exact) mass is 286 g/mol. The van der Waals surface area contributed by atoms with E-state index in [1.165, 1.54) is 6.92 Å². The number of aromatic amines is 1. The molecule has 1 heterocycles. The lowest BCUT2D eigenvalue weighted by atomic mass is 10.1. The van der Waals surface area contributed by atoms with Crippen molar-refractivity contribution in [2.45, 2.75) is 26.3 Å². The molecule has 1 aromatic heterocycles. The Hall–Kier alpha value is -2.63. The maximum atomic E-state index is 12.0. The zero-order valence-electron chi connectivity index (χ0n) is 12.0. The van der Waals surface area contributed by atoms with Gasteiger partial charge in [0, 0.05) is 23.6 Å². The molecule has 0 radical (unpaired) electrons. The van der Waals surface area contributed by atoms with Gasteiger partial charge in [0.2, 0.25) is 0 Å². The van der Waals surface area contributed by atoms with Crippen molar-refractivity contribution in [3.63, 3.8) is 0 Å². The molecule has 0 aliphatic rings. The van der Waals surface area contributed by atoms with Crippen molar-refractivity contribution in [3.8, 4) is 0 Å². The summed E-state index contributed by atoms with van der Waals surface area (Å²) in [4.78, 5) is 30.3. The lowest BCUT2D eigenvalue weighted by Crippen LogP contribution is -2.32. The van der Waals surface area contributed by atoms with Crippen molar-refractivity contribution in [1.82, 2.24) is 15.3 Å². The Labute approximate surface area is 123 Å². The number of nitrogens with zero attached hydrogens (tertiary/aromatic N) is 1. The second-order valence-corrected chi connectivity index (χ2v) is 4.67. The van der Waals surface area contributed by atoms with E-state index in [9.17, 15) is 9.59 Å². The van der Waals surface area contributed by atoms with Crippen LogP contribution in [0.4, 0.5) is 10.5 Å². The molecule has 0 saturated carbocycles. The Kier molecular flexibility index (Phi) is 4.71. The summed E-state index contributed by atoms with van der Waals surface area (Å²) in [6.45, 7) is 3.47. The highest BCUT2D eigenvalue weighted by Crippen LogP contribution is 2.13. The van der Waals surface area contributed by atoms with Gasteiger partial charge in [0.15, 0.2) is 5.78 Å². The average molecular weight is 286 g/mol. The summed E-state index contributed by atoms with van der Waals surface area (Å²) in [7, 11) is 0. The molecule has 2 aromatic rings. The molecule has 0 saturated heterocycles. The van der Waals surface area contributed by atoms with Crippen LogP contribution < -0.4 is 10.6 Å². The minimum atomic E-state index is -0.311. The summed E-state index contributed by atoms with van der Waals surface area (Å²) < 4.78 is 0. The minimum absolute atomic E-state index is 0.00475.